The van der Waals surface area contributed by atoms with E-state index in [0.29, 0.717) is 6.54 Å². The van der Waals surface area contributed by atoms with Crippen molar-refractivity contribution in [2.45, 2.75) is 31.3 Å². The summed E-state index contributed by atoms with van der Waals surface area (Å²) in [6, 6.07) is 6.47. The molecule has 0 atom stereocenters. The van der Waals surface area contributed by atoms with E-state index in [2.05, 4.69) is 20.2 Å². The van der Waals surface area contributed by atoms with Crippen LogP contribution >= 0.6 is 0 Å². The number of rotatable bonds is 6. The van der Waals surface area contributed by atoms with E-state index in [1.54, 1.807) is 44.4 Å². The molecule has 0 unspecified atom stereocenters. The molecule has 0 saturated heterocycles. The number of benzene rings is 1. The number of nitrogens with zero attached hydrogens (tertiary/aromatic N) is 3. The van der Waals surface area contributed by atoms with Crippen LogP contribution in [0.1, 0.15) is 19.7 Å². The van der Waals surface area contributed by atoms with Gasteiger partial charge in [-0.05, 0) is 38.1 Å². The molecule has 0 bridgehead atoms. The Labute approximate surface area is 124 Å². The standard InChI is InChI=1S/C13H19N5O2S/c1-10(2)17-21(19,20)12-6-4-11(5-7-12)14-8-13-16-15-9-18(13)3/h4-7,9-10,14,17H,8H2,1-3H3. The fraction of sp³-hybridized carbons (Fsp3) is 0.385. The summed E-state index contributed by atoms with van der Waals surface area (Å²) in [7, 11) is -1.58. The topological polar surface area (TPSA) is 88.9 Å². The molecule has 1 aromatic carbocycles. The van der Waals surface area contributed by atoms with E-state index in [1.165, 1.54) is 0 Å². The van der Waals surface area contributed by atoms with Crippen LogP contribution in [0.2, 0.25) is 0 Å². The van der Waals surface area contributed by atoms with Crippen LogP contribution in [0.4, 0.5) is 5.69 Å². The van der Waals surface area contributed by atoms with E-state index < -0.39 is 10.0 Å². The number of aryl methyl sites for hydroxylation is 1. The molecule has 7 nitrogen and oxygen atoms in total. The van der Waals surface area contributed by atoms with Crippen molar-refractivity contribution in [2.75, 3.05) is 5.32 Å². The van der Waals surface area contributed by atoms with Gasteiger partial charge in [0.05, 0.1) is 11.4 Å². The molecule has 0 amide bonds. The number of hydrogen-bond acceptors (Lipinski definition) is 5. The largest absolute Gasteiger partial charge is 0.378 e. The zero-order chi connectivity index (χ0) is 15.5. The minimum absolute atomic E-state index is 0.135. The monoisotopic (exact) mass is 309 g/mol. The first-order valence-corrected chi connectivity index (χ1v) is 8.06. The molecular weight excluding hydrogens is 290 g/mol. The zero-order valence-electron chi connectivity index (χ0n) is 12.2. The highest BCUT2D eigenvalue weighted by atomic mass is 32.2. The van der Waals surface area contributed by atoms with Crippen LogP contribution in [-0.4, -0.2) is 29.2 Å². The predicted molar refractivity (Wildman–Crippen MR) is 80.2 cm³/mol. The van der Waals surface area contributed by atoms with Gasteiger partial charge in [-0.25, -0.2) is 13.1 Å². The lowest BCUT2D eigenvalue weighted by Crippen LogP contribution is -2.30. The van der Waals surface area contributed by atoms with Crippen LogP contribution in [0.3, 0.4) is 0 Å². The molecule has 2 aromatic rings. The average molecular weight is 309 g/mol. The van der Waals surface area contributed by atoms with Crippen molar-refractivity contribution in [2.24, 2.45) is 7.05 Å². The molecule has 0 saturated carbocycles. The Morgan fingerprint density at radius 1 is 1.24 bits per heavy atom. The highest BCUT2D eigenvalue weighted by Gasteiger charge is 2.14. The van der Waals surface area contributed by atoms with E-state index >= 15 is 0 Å². The minimum atomic E-state index is -3.45. The predicted octanol–water partition coefficient (Wildman–Crippen LogP) is 1.11. The van der Waals surface area contributed by atoms with Crippen molar-refractivity contribution >= 4 is 15.7 Å². The smallest absolute Gasteiger partial charge is 0.240 e. The van der Waals surface area contributed by atoms with Gasteiger partial charge in [-0.3, -0.25) is 0 Å². The van der Waals surface area contributed by atoms with E-state index in [0.717, 1.165) is 11.5 Å². The normalized spacial score (nSPS) is 11.8. The van der Waals surface area contributed by atoms with Gasteiger partial charge in [-0.1, -0.05) is 0 Å². The lowest BCUT2D eigenvalue weighted by Gasteiger charge is -2.10. The summed E-state index contributed by atoms with van der Waals surface area (Å²) in [4.78, 5) is 0.250. The number of nitrogens with one attached hydrogen (secondary N) is 2. The van der Waals surface area contributed by atoms with Crippen LogP contribution < -0.4 is 10.0 Å². The van der Waals surface area contributed by atoms with Gasteiger partial charge < -0.3 is 9.88 Å². The first-order valence-electron chi connectivity index (χ1n) is 6.57. The molecule has 0 spiro atoms. The fourth-order valence-electron chi connectivity index (χ4n) is 1.78. The average Bonchev–Trinajstić information content (AvgIpc) is 2.81. The number of sulfonamides is 1. The summed E-state index contributed by atoms with van der Waals surface area (Å²) in [5, 5.41) is 10.9. The van der Waals surface area contributed by atoms with Gasteiger partial charge in [0.2, 0.25) is 10.0 Å². The van der Waals surface area contributed by atoms with Crippen molar-refractivity contribution < 1.29 is 8.42 Å². The first-order chi connectivity index (χ1) is 9.88. The van der Waals surface area contributed by atoms with Crippen molar-refractivity contribution in [3.05, 3.63) is 36.4 Å². The van der Waals surface area contributed by atoms with E-state index in [9.17, 15) is 8.42 Å². The maximum atomic E-state index is 12.0. The summed E-state index contributed by atoms with van der Waals surface area (Å²) < 4.78 is 28.3. The van der Waals surface area contributed by atoms with Crippen molar-refractivity contribution in [3.63, 3.8) is 0 Å². The molecule has 0 fully saturated rings. The van der Waals surface area contributed by atoms with E-state index in [1.807, 2.05) is 11.6 Å². The summed E-state index contributed by atoms with van der Waals surface area (Å²) in [6.45, 7) is 4.09. The lowest BCUT2D eigenvalue weighted by molar-refractivity contribution is 0.570. The number of hydrogen-bond donors (Lipinski definition) is 2. The van der Waals surface area contributed by atoms with Gasteiger partial charge in [0.25, 0.3) is 0 Å². The van der Waals surface area contributed by atoms with Gasteiger partial charge in [0.15, 0.2) is 5.82 Å². The molecule has 114 valence electrons. The second kappa shape index (κ2) is 6.23. The van der Waals surface area contributed by atoms with E-state index in [4.69, 9.17) is 0 Å². The molecule has 0 aliphatic rings. The second-order valence-corrected chi connectivity index (χ2v) is 6.73. The molecule has 1 aromatic heterocycles. The maximum Gasteiger partial charge on any atom is 0.240 e. The second-order valence-electron chi connectivity index (χ2n) is 5.01. The highest BCUT2D eigenvalue weighted by molar-refractivity contribution is 7.89. The van der Waals surface area contributed by atoms with Crippen LogP contribution in [0, 0.1) is 0 Å². The Morgan fingerprint density at radius 3 is 2.43 bits per heavy atom. The number of aromatic nitrogens is 3. The van der Waals surface area contributed by atoms with Crippen LogP contribution in [0.5, 0.6) is 0 Å². The molecule has 0 aliphatic carbocycles. The Bertz CT molecular complexity index is 692. The Morgan fingerprint density at radius 2 is 1.90 bits per heavy atom. The molecular formula is C13H19N5O2S. The summed E-state index contributed by atoms with van der Waals surface area (Å²) in [5.41, 5.74) is 0.821. The molecule has 1 heterocycles. The van der Waals surface area contributed by atoms with Gasteiger partial charge in [0, 0.05) is 18.8 Å². The number of anilines is 1. The third kappa shape index (κ3) is 4.02. The van der Waals surface area contributed by atoms with Crippen molar-refractivity contribution in [1.82, 2.24) is 19.5 Å². The Hall–Kier alpha value is -1.93. The SMILES string of the molecule is CC(C)NS(=O)(=O)c1ccc(NCc2nncn2C)cc1. The third-order valence-corrected chi connectivity index (χ3v) is 4.49. The third-order valence-electron chi connectivity index (χ3n) is 2.81. The quantitative estimate of drug-likeness (QED) is 0.834. The minimum Gasteiger partial charge on any atom is -0.378 e. The summed E-state index contributed by atoms with van der Waals surface area (Å²) in [6.07, 6.45) is 1.63. The Balaban J connectivity index is 2.04. The summed E-state index contributed by atoms with van der Waals surface area (Å²) in [5.74, 6) is 0.799. The van der Waals surface area contributed by atoms with Gasteiger partial charge in [0.1, 0.15) is 6.33 Å². The van der Waals surface area contributed by atoms with E-state index in [-0.39, 0.29) is 10.9 Å². The van der Waals surface area contributed by atoms with Crippen LogP contribution in [0.15, 0.2) is 35.5 Å². The molecule has 0 radical (unpaired) electrons. The lowest BCUT2D eigenvalue weighted by atomic mass is 10.3. The van der Waals surface area contributed by atoms with Gasteiger partial charge in [-0.15, -0.1) is 10.2 Å². The molecule has 2 rings (SSSR count). The highest BCUT2D eigenvalue weighted by Crippen LogP contribution is 2.14. The first kappa shape index (κ1) is 15.5. The molecule has 0 aliphatic heterocycles. The van der Waals surface area contributed by atoms with Crippen LogP contribution in [-0.2, 0) is 23.6 Å². The molecule has 21 heavy (non-hydrogen) atoms. The van der Waals surface area contributed by atoms with Crippen molar-refractivity contribution in [1.29, 1.82) is 0 Å². The fourth-order valence-corrected chi connectivity index (χ4v) is 3.03. The van der Waals surface area contributed by atoms with Crippen molar-refractivity contribution in [3.8, 4) is 0 Å². The van der Waals surface area contributed by atoms with Gasteiger partial charge >= 0.3 is 0 Å². The van der Waals surface area contributed by atoms with Crippen LogP contribution in [0.25, 0.3) is 0 Å². The Kier molecular flexibility index (Phi) is 4.59. The van der Waals surface area contributed by atoms with Gasteiger partial charge in [-0.2, -0.15) is 0 Å². The molecule has 2 N–H and O–H groups in total. The zero-order valence-corrected chi connectivity index (χ0v) is 13.1. The maximum absolute atomic E-state index is 12.0. The summed E-state index contributed by atoms with van der Waals surface area (Å²) >= 11 is 0. The molecule has 8 heteroatoms.